The molecular weight excluding hydrogens is 150 g/mol. The van der Waals surface area contributed by atoms with Crippen LogP contribution < -0.4 is 5.32 Å². The minimum Gasteiger partial charge on any atom is -0.497 e. The summed E-state index contributed by atoms with van der Waals surface area (Å²) in [6.45, 7) is 1.76. The quantitative estimate of drug-likeness (QED) is 0.577. The van der Waals surface area contributed by atoms with E-state index in [4.69, 9.17) is 4.74 Å². The highest BCUT2D eigenvalue weighted by Gasteiger charge is 2.17. The van der Waals surface area contributed by atoms with Crippen molar-refractivity contribution >= 4 is 0 Å². The maximum Gasteiger partial charge on any atom is 0.106 e. The largest absolute Gasteiger partial charge is 0.497 e. The first-order valence-corrected chi connectivity index (χ1v) is 4.61. The van der Waals surface area contributed by atoms with E-state index in [1.54, 1.807) is 6.26 Å². The van der Waals surface area contributed by atoms with Gasteiger partial charge >= 0.3 is 0 Å². The molecule has 1 fully saturated rings. The molecule has 1 atom stereocenters. The lowest BCUT2D eigenvalue weighted by Crippen LogP contribution is -2.29. The first kappa shape index (κ1) is 7.87. The van der Waals surface area contributed by atoms with Crippen molar-refractivity contribution in [2.75, 3.05) is 13.2 Å². The Hall–Kier alpha value is -0.760. The van der Waals surface area contributed by atoms with Crippen molar-refractivity contribution in [3.63, 3.8) is 0 Å². The van der Waals surface area contributed by atoms with Gasteiger partial charge in [-0.1, -0.05) is 6.42 Å². The molecule has 2 nitrogen and oxygen atoms in total. The Labute approximate surface area is 73.3 Å². The van der Waals surface area contributed by atoms with Crippen molar-refractivity contribution in [1.29, 1.82) is 0 Å². The van der Waals surface area contributed by atoms with Crippen molar-refractivity contribution in [1.82, 2.24) is 5.32 Å². The highest BCUT2D eigenvalue weighted by atomic mass is 16.5. The Morgan fingerprint density at radius 2 is 2.42 bits per heavy atom. The summed E-state index contributed by atoms with van der Waals surface area (Å²) in [5.74, 6) is 0. The van der Waals surface area contributed by atoms with Gasteiger partial charge in [-0.3, -0.25) is 0 Å². The van der Waals surface area contributed by atoms with Gasteiger partial charge in [-0.05, 0) is 30.6 Å². The molecule has 0 aromatic rings. The Kier molecular flexibility index (Phi) is 2.47. The monoisotopic (exact) mass is 164 g/mol. The van der Waals surface area contributed by atoms with Crippen LogP contribution in [0.2, 0.25) is 0 Å². The molecule has 0 aromatic carbocycles. The van der Waals surface area contributed by atoms with Gasteiger partial charge in [0.05, 0.1) is 6.26 Å². The fourth-order valence-electron chi connectivity index (χ4n) is 1.70. The molecule has 1 unspecified atom stereocenters. The smallest absolute Gasteiger partial charge is 0.106 e. The van der Waals surface area contributed by atoms with Gasteiger partial charge in [0, 0.05) is 12.6 Å². The lowest BCUT2D eigenvalue weighted by molar-refractivity contribution is 0.281. The van der Waals surface area contributed by atoms with E-state index in [1.165, 1.54) is 24.8 Å². The molecule has 0 N–H and O–H groups in total. The van der Waals surface area contributed by atoms with Crippen LogP contribution in [0, 0.1) is 0 Å². The zero-order chi connectivity index (χ0) is 8.23. The van der Waals surface area contributed by atoms with Crippen LogP contribution in [0.15, 0.2) is 24.0 Å². The Bertz CT molecular complexity index is 202. The van der Waals surface area contributed by atoms with Gasteiger partial charge in [0.15, 0.2) is 0 Å². The van der Waals surface area contributed by atoms with Crippen LogP contribution in [0.5, 0.6) is 0 Å². The Morgan fingerprint density at radius 1 is 1.42 bits per heavy atom. The second-order valence-electron chi connectivity index (χ2n) is 3.26. The average Bonchev–Trinajstić information content (AvgIpc) is 2.21. The molecule has 0 bridgehead atoms. The van der Waals surface area contributed by atoms with E-state index in [0.29, 0.717) is 6.04 Å². The average molecular weight is 164 g/mol. The number of hydrogen-bond donors (Lipinski definition) is 0. The third kappa shape index (κ3) is 1.69. The molecule has 0 aliphatic carbocycles. The summed E-state index contributed by atoms with van der Waals surface area (Å²) in [7, 11) is 0. The van der Waals surface area contributed by atoms with Crippen molar-refractivity contribution in [3.05, 3.63) is 24.0 Å². The van der Waals surface area contributed by atoms with E-state index in [2.05, 4.69) is 11.4 Å². The third-order valence-corrected chi connectivity index (χ3v) is 2.39. The molecule has 12 heavy (non-hydrogen) atoms. The molecule has 0 saturated carbocycles. The molecule has 65 valence electrons. The number of ether oxygens (including phenoxy) is 1. The summed E-state index contributed by atoms with van der Waals surface area (Å²) >= 11 is 0. The van der Waals surface area contributed by atoms with Crippen LogP contribution in [0.1, 0.15) is 19.3 Å². The zero-order valence-corrected chi connectivity index (χ0v) is 7.20. The molecule has 2 aliphatic heterocycles. The highest BCUT2D eigenvalue weighted by Crippen LogP contribution is 2.18. The molecular formula is C10H14NO. The SMILES string of the molecule is C1=CC(C2CCCC[N]2)=CCO1. The van der Waals surface area contributed by atoms with Gasteiger partial charge in [0.1, 0.15) is 6.61 Å². The first-order chi connectivity index (χ1) is 5.97. The summed E-state index contributed by atoms with van der Waals surface area (Å²) in [5.41, 5.74) is 1.35. The molecule has 2 heterocycles. The molecule has 2 aliphatic rings. The second-order valence-corrected chi connectivity index (χ2v) is 3.26. The number of hydrogen-bond acceptors (Lipinski definition) is 1. The second kappa shape index (κ2) is 3.76. The standard InChI is InChI=1S/C10H14NO/c1-2-6-11-10(3-1)9-4-7-12-8-5-9/h4-5,7,10H,1-3,6,8H2. The maximum atomic E-state index is 5.09. The van der Waals surface area contributed by atoms with E-state index in [1.807, 2.05) is 6.08 Å². The normalized spacial score (nSPS) is 29.3. The van der Waals surface area contributed by atoms with E-state index in [0.717, 1.165) is 13.2 Å². The summed E-state index contributed by atoms with van der Waals surface area (Å²) in [6.07, 6.45) is 9.77. The third-order valence-electron chi connectivity index (χ3n) is 2.39. The predicted octanol–water partition coefficient (Wildman–Crippen LogP) is 1.61. The van der Waals surface area contributed by atoms with Crippen LogP contribution in [0.4, 0.5) is 0 Å². The maximum absolute atomic E-state index is 5.09. The fourth-order valence-corrected chi connectivity index (χ4v) is 1.70. The molecule has 0 aromatic heterocycles. The highest BCUT2D eigenvalue weighted by molar-refractivity contribution is 5.26. The van der Waals surface area contributed by atoms with Gasteiger partial charge in [0.2, 0.25) is 0 Å². The van der Waals surface area contributed by atoms with Gasteiger partial charge in [0.25, 0.3) is 0 Å². The van der Waals surface area contributed by atoms with Gasteiger partial charge in [-0.25, -0.2) is 5.32 Å². The van der Waals surface area contributed by atoms with Crippen LogP contribution in [0.3, 0.4) is 0 Å². The number of piperidine rings is 1. The van der Waals surface area contributed by atoms with Crippen molar-refractivity contribution in [3.8, 4) is 0 Å². The fraction of sp³-hybridized carbons (Fsp3) is 0.600. The molecule has 0 spiro atoms. The van der Waals surface area contributed by atoms with Crippen LogP contribution in [-0.4, -0.2) is 19.2 Å². The summed E-state index contributed by atoms with van der Waals surface area (Å²) < 4.78 is 5.09. The molecule has 1 radical (unpaired) electrons. The Balaban J connectivity index is 1.97. The number of nitrogens with zero attached hydrogens (tertiary/aromatic N) is 1. The van der Waals surface area contributed by atoms with E-state index < -0.39 is 0 Å². The summed E-state index contributed by atoms with van der Waals surface area (Å²) in [5, 5.41) is 4.58. The van der Waals surface area contributed by atoms with Gasteiger partial charge in [-0.15, -0.1) is 0 Å². The lowest BCUT2D eigenvalue weighted by atomic mass is 9.97. The predicted molar refractivity (Wildman–Crippen MR) is 47.8 cm³/mol. The summed E-state index contributed by atoms with van der Waals surface area (Å²) in [4.78, 5) is 0. The zero-order valence-electron chi connectivity index (χ0n) is 7.20. The topological polar surface area (TPSA) is 23.3 Å². The van der Waals surface area contributed by atoms with Crippen LogP contribution in [0.25, 0.3) is 0 Å². The van der Waals surface area contributed by atoms with E-state index in [-0.39, 0.29) is 0 Å². The first-order valence-electron chi connectivity index (χ1n) is 4.61. The van der Waals surface area contributed by atoms with Crippen LogP contribution >= 0.6 is 0 Å². The molecule has 2 rings (SSSR count). The molecule has 0 amide bonds. The van der Waals surface area contributed by atoms with Crippen molar-refractivity contribution in [2.45, 2.75) is 25.3 Å². The minimum absolute atomic E-state index is 0.457. The van der Waals surface area contributed by atoms with E-state index >= 15 is 0 Å². The molecule has 2 heteroatoms. The van der Waals surface area contributed by atoms with E-state index in [9.17, 15) is 0 Å². The van der Waals surface area contributed by atoms with Crippen LogP contribution in [-0.2, 0) is 4.74 Å². The number of rotatable bonds is 1. The summed E-state index contributed by atoms with van der Waals surface area (Å²) in [6, 6.07) is 0.457. The van der Waals surface area contributed by atoms with Gasteiger partial charge < -0.3 is 4.74 Å². The van der Waals surface area contributed by atoms with Crippen molar-refractivity contribution < 1.29 is 4.74 Å². The Morgan fingerprint density at radius 3 is 3.08 bits per heavy atom. The van der Waals surface area contributed by atoms with Gasteiger partial charge in [-0.2, -0.15) is 0 Å². The molecule has 1 saturated heterocycles. The van der Waals surface area contributed by atoms with Crippen molar-refractivity contribution in [2.24, 2.45) is 0 Å². The minimum atomic E-state index is 0.457. The lowest BCUT2D eigenvalue weighted by Gasteiger charge is -2.23.